The fourth-order valence-electron chi connectivity index (χ4n) is 1.53. The fraction of sp³-hybridized carbons (Fsp3) is 0.333. The van der Waals surface area contributed by atoms with Gasteiger partial charge in [0.1, 0.15) is 10.8 Å². The zero-order valence-corrected chi connectivity index (χ0v) is 13.7. The molecule has 0 amide bonds. The molecule has 0 saturated carbocycles. The predicted octanol–water partition coefficient (Wildman–Crippen LogP) is 4.46. The van der Waals surface area contributed by atoms with Crippen molar-refractivity contribution in [2.24, 2.45) is 0 Å². The van der Waals surface area contributed by atoms with Crippen LogP contribution in [-0.2, 0) is 6.54 Å². The van der Waals surface area contributed by atoms with E-state index in [9.17, 15) is 0 Å². The summed E-state index contributed by atoms with van der Waals surface area (Å²) < 4.78 is 5.58. The van der Waals surface area contributed by atoms with Crippen molar-refractivity contribution in [1.82, 2.24) is 15.5 Å². The molecule has 0 aliphatic carbocycles. The molecule has 0 atom stereocenters. The van der Waals surface area contributed by atoms with Crippen LogP contribution in [0.1, 0.15) is 26.5 Å². The van der Waals surface area contributed by atoms with Crippen molar-refractivity contribution in [3.05, 3.63) is 46.1 Å². The Hall–Kier alpha value is -1.36. The molecule has 1 heterocycles. The Morgan fingerprint density at radius 3 is 2.48 bits per heavy atom. The molecule has 0 fully saturated rings. The molecule has 0 bridgehead atoms. The molecular weight excluding hydrogens is 309 g/mol. The van der Waals surface area contributed by atoms with Crippen LogP contribution in [0.3, 0.4) is 0 Å². The van der Waals surface area contributed by atoms with Crippen LogP contribution in [0.5, 0.6) is 11.6 Å². The standard InChI is InChI=1S/C15H17Cl2N3O/c1-15(2,3)18-9-10-7-8-13(20-19-10)21-12-6-4-5-11(16)14(12)17/h4-8,18H,9H2,1-3H3. The fourth-order valence-corrected chi connectivity index (χ4v) is 1.86. The van der Waals surface area contributed by atoms with Gasteiger partial charge in [0.05, 0.1) is 10.7 Å². The molecule has 0 spiro atoms. The lowest BCUT2D eigenvalue weighted by atomic mass is 10.1. The third-order valence-electron chi connectivity index (χ3n) is 2.63. The Morgan fingerprint density at radius 2 is 1.86 bits per heavy atom. The predicted molar refractivity (Wildman–Crippen MR) is 85.2 cm³/mol. The lowest BCUT2D eigenvalue weighted by molar-refractivity contribution is 0.416. The van der Waals surface area contributed by atoms with Crippen LogP contribution in [0.2, 0.25) is 10.0 Å². The number of nitrogens with one attached hydrogen (secondary N) is 1. The number of benzene rings is 1. The summed E-state index contributed by atoms with van der Waals surface area (Å²) in [6.45, 7) is 6.94. The first-order valence-electron chi connectivity index (χ1n) is 6.55. The lowest BCUT2D eigenvalue weighted by Gasteiger charge is -2.19. The van der Waals surface area contributed by atoms with E-state index in [4.69, 9.17) is 27.9 Å². The molecule has 0 saturated heterocycles. The van der Waals surface area contributed by atoms with Crippen LogP contribution >= 0.6 is 23.2 Å². The number of aromatic nitrogens is 2. The highest BCUT2D eigenvalue weighted by atomic mass is 35.5. The molecular formula is C15H17Cl2N3O. The van der Waals surface area contributed by atoms with Gasteiger partial charge in [0.2, 0.25) is 5.88 Å². The lowest BCUT2D eigenvalue weighted by Crippen LogP contribution is -2.35. The smallest absolute Gasteiger partial charge is 0.238 e. The quantitative estimate of drug-likeness (QED) is 0.901. The van der Waals surface area contributed by atoms with Gasteiger partial charge in [-0.25, -0.2) is 0 Å². The average Bonchev–Trinajstić information content (AvgIpc) is 2.42. The SMILES string of the molecule is CC(C)(C)NCc1ccc(Oc2cccc(Cl)c2Cl)nn1. The van der Waals surface area contributed by atoms with Crippen molar-refractivity contribution >= 4 is 23.2 Å². The van der Waals surface area contributed by atoms with E-state index in [0.717, 1.165) is 5.69 Å². The van der Waals surface area contributed by atoms with E-state index in [-0.39, 0.29) is 5.54 Å². The highest BCUT2D eigenvalue weighted by Gasteiger charge is 2.10. The maximum atomic E-state index is 6.06. The van der Waals surface area contributed by atoms with Crippen molar-refractivity contribution in [2.75, 3.05) is 0 Å². The Morgan fingerprint density at radius 1 is 1.10 bits per heavy atom. The number of halogens is 2. The molecule has 0 unspecified atom stereocenters. The Kier molecular flexibility index (Phi) is 5.04. The molecule has 0 aliphatic heterocycles. The Labute approximate surface area is 134 Å². The maximum absolute atomic E-state index is 6.06. The zero-order chi connectivity index (χ0) is 15.5. The van der Waals surface area contributed by atoms with Gasteiger partial charge in [0.25, 0.3) is 0 Å². The molecule has 4 nitrogen and oxygen atoms in total. The van der Waals surface area contributed by atoms with Gasteiger partial charge in [-0.05, 0) is 39.0 Å². The molecule has 0 radical (unpaired) electrons. The highest BCUT2D eigenvalue weighted by Crippen LogP contribution is 2.33. The number of ether oxygens (including phenoxy) is 1. The summed E-state index contributed by atoms with van der Waals surface area (Å²) >= 11 is 12.0. The molecule has 112 valence electrons. The normalized spacial score (nSPS) is 11.5. The summed E-state index contributed by atoms with van der Waals surface area (Å²) in [4.78, 5) is 0. The van der Waals surface area contributed by atoms with Gasteiger partial charge in [0.15, 0.2) is 0 Å². The van der Waals surface area contributed by atoms with Crippen LogP contribution in [-0.4, -0.2) is 15.7 Å². The maximum Gasteiger partial charge on any atom is 0.238 e. The van der Waals surface area contributed by atoms with Crippen molar-refractivity contribution < 1.29 is 4.74 Å². The molecule has 2 rings (SSSR count). The molecule has 1 N–H and O–H groups in total. The van der Waals surface area contributed by atoms with Gasteiger partial charge in [-0.2, -0.15) is 5.10 Å². The number of rotatable bonds is 4. The molecule has 1 aromatic carbocycles. The Balaban J connectivity index is 2.04. The molecule has 2 aromatic rings. The van der Waals surface area contributed by atoms with Crippen LogP contribution in [0.25, 0.3) is 0 Å². The summed E-state index contributed by atoms with van der Waals surface area (Å²) in [5.74, 6) is 0.831. The number of nitrogens with zero attached hydrogens (tertiary/aromatic N) is 2. The van der Waals surface area contributed by atoms with Crippen molar-refractivity contribution in [2.45, 2.75) is 32.9 Å². The molecule has 6 heteroatoms. The summed E-state index contributed by atoms with van der Waals surface area (Å²) in [5, 5.41) is 12.3. The number of hydrogen-bond donors (Lipinski definition) is 1. The van der Waals surface area contributed by atoms with Crippen LogP contribution in [0.15, 0.2) is 30.3 Å². The minimum Gasteiger partial charge on any atom is -0.436 e. The second kappa shape index (κ2) is 6.60. The first kappa shape index (κ1) is 16.0. The van der Waals surface area contributed by atoms with Gasteiger partial charge >= 0.3 is 0 Å². The van der Waals surface area contributed by atoms with Gasteiger partial charge in [-0.15, -0.1) is 5.10 Å². The van der Waals surface area contributed by atoms with Crippen LogP contribution in [0, 0.1) is 0 Å². The summed E-state index contributed by atoms with van der Waals surface area (Å²) in [5.41, 5.74) is 0.875. The first-order valence-corrected chi connectivity index (χ1v) is 7.30. The molecule has 21 heavy (non-hydrogen) atoms. The topological polar surface area (TPSA) is 47.0 Å². The van der Waals surface area contributed by atoms with Gasteiger partial charge in [-0.1, -0.05) is 29.3 Å². The molecule has 0 aliphatic rings. The first-order chi connectivity index (χ1) is 9.85. The summed E-state index contributed by atoms with van der Waals surface area (Å²) in [6.07, 6.45) is 0. The van der Waals surface area contributed by atoms with Gasteiger partial charge in [0, 0.05) is 18.2 Å². The zero-order valence-electron chi connectivity index (χ0n) is 12.2. The van der Waals surface area contributed by atoms with E-state index >= 15 is 0 Å². The van der Waals surface area contributed by atoms with Gasteiger partial charge < -0.3 is 10.1 Å². The van der Waals surface area contributed by atoms with Crippen LogP contribution in [0.4, 0.5) is 0 Å². The van der Waals surface area contributed by atoms with Crippen molar-refractivity contribution in [3.63, 3.8) is 0 Å². The van der Waals surface area contributed by atoms with Gasteiger partial charge in [-0.3, -0.25) is 0 Å². The number of hydrogen-bond acceptors (Lipinski definition) is 4. The average molecular weight is 326 g/mol. The van der Waals surface area contributed by atoms with Crippen molar-refractivity contribution in [1.29, 1.82) is 0 Å². The van der Waals surface area contributed by atoms with E-state index in [1.54, 1.807) is 24.3 Å². The third-order valence-corrected chi connectivity index (χ3v) is 3.43. The molecule has 1 aromatic heterocycles. The third kappa shape index (κ3) is 4.84. The van der Waals surface area contributed by atoms with E-state index < -0.39 is 0 Å². The summed E-state index contributed by atoms with van der Waals surface area (Å²) in [7, 11) is 0. The van der Waals surface area contributed by atoms with E-state index in [1.807, 2.05) is 6.07 Å². The minimum atomic E-state index is 0.0329. The Bertz CT molecular complexity index is 609. The second-order valence-corrected chi connectivity index (χ2v) is 6.41. The monoisotopic (exact) mass is 325 g/mol. The largest absolute Gasteiger partial charge is 0.436 e. The summed E-state index contributed by atoms with van der Waals surface area (Å²) in [6, 6.07) is 8.80. The highest BCUT2D eigenvalue weighted by molar-refractivity contribution is 6.42. The van der Waals surface area contributed by atoms with E-state index in [1.165, 1.54) is 0 Å². The van der Waals surface area contributed by atoms with E-state index in [2.05, 4.69) is 36.3 Å². The minimum absolute atomic E-state index is 0.0329. The van der Waals surface area contributed by atoms with Crippen LogP contribution < -0.4 is 10.1 Å². The van der Waals surface area contributed by atoms with E-state index in [0.29, 0.717) is 28.2 Å². The van der Waals surface area contributed by atoms with Crippen molar-refractivity contribution in [3.8, 4) is 11.6 Å². The second-order valence-electron chi connectivity index (χ2n) is 5.62.